The van der Waals surface area contributed by atoms with Crippen molar-refractivity contribution in [3.63, 3.8) is 0 Å². The van der Waals surface area contributed by atoms with Gasteiger partial charge in [-0.15, -0.1) is 0 Å². The summed E-state index contributed by atoms with van der Waals surface area (Å²) in [7, 11) is 4.81. The van der Waals surface area contributed by atoms with Crippen LogP contribution in [0, 0.1) is 5.92 Å². The molecule has 0 bridgehead atoms. The summed E-state index contributed by atoms with van der Waals surface area (Å²) in [6.07, 6.45) is 0.660. The highest BCUT2D eigenvalue weighted by molar-refractivity contribution is 5.77. The van der Waals surface area contributed by atoms with Crippen molar-refractivity contribution in [2.24, 2.45) is 5.92 Å². The number of likely N-dealkylation sites (N-methyl/N-ethyl adjacent to an activating group) is 1. The largest absolute Gasteiger partial charge is 0.469 e. The molecule has 16 heavy (non-hydrogen) atoms. The Kier molecular flexibility index (Phi) is 6.72. The van der Waals surface area contributed by atoms with Crippen LogP contribution in [0.15, 0.2) is 0 Å². The summed E-state index contributed by atoms with van der Waals surface area (Å²) in [5.41, 5.74) is 0. The Balaban J connectivity index is 3.86. The molecule has 0 radical (unpaired) electrons. The molecule has 0 aromatic carbocycles. The maximum Gasteiger partial charge on any atom is 0.308 e. The first-order chi connectivity index (χ1) is 7.38. The molecule has 0 rings (SSSR count). The zero-order valence-electron chi connectivity index (χ0n) is 10.7. The van der Waals surface area contributed by atoms with Gasteiger partial charge in [0, 0.05) is 20.1 Å². The van der Waals surface area contributed by atoms with Crippen LogP contribution >= 0.6 is 0 Å². The van der Waals surface area contributed by atoms with E-state index < -0.39 is 0 Å². The minimum atomic E-state index is -0.215. The van der Waals surface area contributed by atoms with E-state index in [9.17, 15) is 9.59 Å². The molecular formula is C11H22N2O3. The number of esters is 1. The van der Waals surface area contributed by atoms with Gasteiger partial charge in [-0.25, -0.2) is 0 Å². The summed E-state index contributed by atoms with van der Waals surface area (Å²) in [5, 5.41) is 3.07. The van der Waals surface area contributed by atoms with Crippen LogP contribution in [0.25, 0.3) is 0 Å². The number of ether oxygens (including phenoxy) is 1. The smallest absolute Gasteiger partial charge is 0.308 e. The van der Waals surface area contributed by atoms with Gasteiger partial charge in [-0.3, -0.25) is 9.59 Å². The van der Waals surface area contributed by atoms with Gasteiger partial charge in [0.2, 0.25) is 5.91 Å². The van der Waals surface area contributed by atoms with E-state index in [0.29, 0.717) is 13.0 Å². The van der Waals surface area contributed by atoms with Gasteiger partial charge < -0.3 is 15.0 Å². The van der Waals surface area contributed by atoms with Crippen molar-refractivity contribution in [2.45, 2.75) is 26.3 Å². The Labute approximate surface area is 97.1 Å². The summed E-state index contributed by atoms with van der Waals surface area (Å²) in [6.45, 7) is 4.06. The lowest BCUT2D eigenvalue weighted by Crippen LogP contribution is -2.38. The van der Waals surface area contributed by atoms with Crippen molar-refractivity contribution < 1.29 is 14.3 Å². The SMILES string of the molecule is COC(=O)C(C)CC(C)NCC(=O)N(C)C. The quantitative estimate of drug-likeness (QED) is 0.665. The fraction of sp³-hybridized carbons (Fsp3) is 0.818. The second-order valence-electron chi connectivity index (χ2n) is 4.23. The molecule has 0 aromatic heterocycles. The summed E-state index contributed by atoms with van der Waals surface area (Å²) >= 11 is 0. The number of amides is 1. The average Bonchev–Trinajstić information content (AvgIpc) is 2.24. The monoisotopic (exact) mass is 230 g/mol. The van der Waals surface area contributed by atoms with Crippen LogP contribution in [0.3, 0.4) is 0 Å². The Morgan fingerprint density at radius 1 is 1.31 bits per heavy atom. The number of nitrogens with one attached hydrogen (secondary N) is 1. The van der Waals surface area contributed by atoms with Crippen LogP contribution in [0.1, 0.15) is 20.3 Å². The fourth-order valence-corrected chi connectivity index (χ4v) is 1.33. The Bertz CT molecular complexity index is 241. The van der Waals surface area contributed by atoms with Gasteiger partial charge in [0.25, 0.3) is 0 Å². The van der Waals surface area contributed by atoms with E-state index in [2.05, 4.69) is 10.1 Å². The highest BCUT2D eigenvalue weighted by atomic mass is 16.5. The van der Waals surface area contributed by atoms with Crippen LogP contribution < -0.4 is 5.32 Å². The van der Waals surface area contributed by atoms with Crippen LogP contribution in [0.2, 0.25) is 0 Å². The molecule has 0 spiro atoms. The molecule has 0 fully saturated rings. The van der Waals surface area contributed by atoms with Crippen LogP contribution in [0.5, 0.6) is 0 Å². The second kappa shape index (κ2) is 7.22. The molecular weight excluding hydrogens is 208 g/mol. The number of hydrogen-bond donors (Lipinski definition) is 1. The summed E-state index contributed by atoms with van der Waals surface area (Å²) in [6, 6.07) is 0.109. The highest BCUT2D eigenvalue weighted by Gasteiger charge is 2.17. The van der Waals surface area contributed by atoms with E-state index in [1.165, 1.54) is 12.0 Å². The standard InChI is InChI=1S/C11H22N2O3/c1-8(11(15)16-5)6-9(2)12-7-10(14)13(3)4/h8-9,12H,6-7H2,1-5H3. The maximum absolute atomic E-state index is 11.3. The van der Waals surface area contributed by atoms with E-state index in [4.69, 9.17) is 0 Å². The molecule has 0 aliphatic carbocycles. The molecule has 2 atom stereocenters. The lowest BCUT2D eigenvalue weighted by molar-refractivity contribution is -0.145. The van der Waals surface area contributed by atoms with Crippen LogP contribution in [0.4, 0.5) is 0 Å². The number of methoxy groups -OCH3 is 1. The van der Waals surface area contributed by atoms with Crippen molar-refractivity contribution in [1.82, 2.24) is 10.2 Å². The van der Waals surface area contributed by atoms with Crippen molar-refractivity contribution in [3.8, 4) is 0 Å². The number of carbonyl (C=O) groups excluding carboxylic acids is 2. The predicted octanol–water partition coefficient (Wildman–Crippen LogP) is 0.252. The Morgan fingerprint density at radius 2 is 1.88 bits per heavy atom. The minimum Gasteiger partial charge on any atom is -0.469 e. The van der Waals surface area contributed by atoms with Gasteiger partial charge in [0.1, 0.15) is 0 Å². The first-order valence-corrected chi connectivity index (χ1v) is 5.39. The summed E-state index contributed by atoms with van der Waals surface area (Å²) < 4.78 is 4.63. The third-order valence-corrected chi connectivity index (χ3v) is 2.41. The van der Waals surface area contributed by atoms with Gasteiger partial charge in [0.05, 0.1) is 19.6 Å². The molecule has 1 N–H and O–H groups in total. The van der Waals surface area contributed by atoms with Crippen LogP contribution in [-0.2, 0) is 14.3 Å². The van der Waals surface area contributed by atoms with E-state index in [-0.39, 0.29) is 23.8 Å². The van der Waals surface area contributed by atoms with Crippen molar-refractivity contribution in [2.75, 3.05) is 27.7 Å². The molecule has 0 aliphatic heterocycles. The number of carbonyl (C=O) groups is 2. The molecule has 2 unspecified atom stereocenters. The van der Waals surface area contributed by atoms with E-state index in [0.717, 1.165) is 0 Å². The van der Waals surface area contributed by atoms with Crippen molar-refractivity contribution in [1.29, 1.82) is 0 Å². The number of rotatable bonds is 6. The Morgan fingerprint density at radius 3 is 2.31 bits per heavy atom. The zero-order valence-corrected chi connectivity index (χ0v) is 10.7. The van der Waals surface area contributed by atoms with Gasteiger partial charge >= 0.3 is 5.97 Å². The predicted molar refractivity (Wildman–Crippen MR) is 62.0 cm³/mol. The van der Waals surface area contributed by atoms with Crippen molar-refractivity contribution in [3.05, 3.63) is 0 Å². The third-order valence-electron chi connectivity index (χ3n) is 2.41. The summed E-state index contributed by atoms with van der Waals surface area (Å²) in [4.78, 5) is 24.0. The molecule has 0 saturated heterocycles. The third kappa shape index (κ3) is 5.70. The Hall–Kier alpha value is -1.10. The average molecular weight is 230 g/mol. The lowest BCUT2D eigenvalue weighted by atomic mass is 10.0. The lowest BCUT2D eigenvalue weighted by Gasteiger charge is -2.18. The van der Waals surface area contributed by atoms with E-state index in [1.807, 2.05) is 13.8 Å². The van der Waals surface area contributed by atoms with Gasteiger partial charge in [0.15, 0.2) is 0 Å². The molecule has 0 aliphatic rings. The first-order valence-electron chi connectivity index (χ1n) is 5.39. The van der Waals surface area contributed by atoms with E-state index in [1.54, 1.807) is 14.1 Å². The normalized spacial score (nSPS) is 14.1. The zero-order chi connectivity index (χ0) is 12.7. The molecule has 0 heterocycles. The molecule has 0 saturated carbocycles. The second-order valence-corrected chi connectivity index (χ2v) is 4.23. The fourth-order valence-electron chi connectivity index (χ4n) is 1.33. The van der Waals surface area contributed by atoms with E-state index >= 15 is 0 Å². The minimum absolute atomic E-state index is 0.0255. The molecule has 5 heteroatoms. The highest BCUT2D eigenvalue weighted by Crippen LogP contribution is 2.07. The molecule has 0 aromatic rings. The topological polar surface area (TPSA) is 58.6 Å². The molecule has 94 valence electrons. The summed E-state index contributed by atoms with van der Waals surface area (Å²) in [5.74, 6) is -0.341. The van der Waals surface area contributed by atoms with Gasteiger partial charge in [-0.2, -0.15) is 0 Å². The van der Waals surface area contributed by atoms with Crippen molar-refractivity contribution >= 4 is 11.9 Å². The number of nitrogens with zero attached hydrogens (tertiary/aromatic N) is 1. The first kappa shape index (κ1) is 14.9. The van der Waals surface area contributed by atoms with Gasteiger partial charge in [-0.1, -0.05) is 6.92 Å². The van der Waals surface area contributed by atoms with Gasteiger partial charge in [-0.05, 0) is 13.3 Å². The maximum atomic E-state index is 11.3. The molecule has 1 amide bonds. The molecule has 5 nitrogen and oxygen atoms in total. The number of hydrogen-bond acceptors (Lipinski definition) is 4. The van der Waals surface area contributed by atoms with Crippen LogP contribution in [-0.4, -0.2) is 50.6 Å².